The van der Waals surface area contributed by atoms with Gasteiger partial charge in [0, 0.05) is 19.5 Å². The molecule has 1 aliphatic rings. The number of carbonyl (C=O) groups is 3. The largest absolute Gasteiger partial charge is 0.481 e. The summed E-state index contributed by atoms with van der Waals surface area (Å²) in [4.78, 5) is 38.6. The smallest absolute Gasteiger partial charge is 0.311 e. The maximum absolute atomic E-state index is 13.1. The number of hydrogen-bond acceptors (Lipinski definition) is 3. The second kappa shape index (κ2) is 8.34. The van der Waals surface area contributed by atoms with Crippen LogP contribution in [-0.4, -0.2) is 40.9 Å². The zero-order valence-corrected chi connectivity index (χ0v) is 15.7. The van der Waals surface area contributed by atoms with Crippen LogP contribution >= 0.6 is 0 Å². The highest BCUT2D eigenvalue weighted by Gasteiger charge is 2.41. The number of nitrogens with one attached hydrogen (secondary N) is 1. The average Bonchev–Trinajstić information content (AvgIpc) is 2.59. The maximum atomic E-state index is 13.1. The van der Waals surface area contributed by atoms with Crippen molar-refractivity contribution >= 4 is 17.8 Å². The summed E-state index contributed by atoms with van der Waals surface area (Å²) in [5.74, 6) is -1.14. The first-order chi connectivity index (χ1) is 12.2. The van der Waals surface area contributed by atoms with E-state index in [1.807, 2.05) is 32.0 Å². The van der Waals surface area contributed by atoms with Crippen LogP contribution in [0.3, 0.4) is 0 Å². The third kappa shape index (κ3) is 4.84. The number of rotatable bonds is 6. The topological polar surface area (TPSA) is 86.7 Å². The third-order valence-corrected chi connectivity index (χ3v) is 4.80. The molecule has 1 saturated heterocycles. The predicted octanol–water partition coefficient (Wildman–Crippen LogP) is 2.60. The molecule has 1 aromatic carbocycles. The summed E-state index contributed by atoms with van der Waals surface area (Å²) in [6.45, 7) is 6.23. The van der Waals surface area contributed by atoms with Gasteiger partial charge in [-0.1, -0.05) is 44.2 Å². The van der Waals surface area contributed by atoms with Crippen molar-refractivity contribution in [1.82, 2.24) is 10.2 Å². The van der Waals surface area contributed by atoms with Crippen LogP contribution in [0.25, 0.3) is 0 Å². The number of hydrogen-bond donors (Lipinski definition) is 2. The Bertz CT molecular complexity index is 659. The molecule has 2 unspecified atom stereocenters. The van der Waals surface area contributed by atoms with E-state index < -0.39 is 17.4 Å². The number of carboxylic acids is 1. The molecular formula is C20H28N2O4. The summed E-state index contributed by atoms with van der Waals surface area (Å²) in [6.07, 6.45) is 1.52. The molecule has 1 fully saturated rings. The van der Waals surface area contributed by atoms with Crippen molar-refractivity contribution in [3.05, 3.63) is 35.9 Å². The van der Waals surface area contributed by atoms with E-state index in [-0.39, 0.29) is 24.3 Å². The molecular weight excluding hydrogens is 332 g/mol. The van der Waals surface area contributed by atoms with Crippen molar-refractivity contribution in [2.45, 2.75) is 46.1 Å². The van der Waals surface area contributed by atoms with Gasteiger partial charge in [-0.2, -0.15) is 0 Å². The standard InChI is InChI=1S/C20H28N2O4/c1-14(2)12-16(23)21-17(15-8-5-4-6-9-15)18(24)22-11-7-10-20(3,13-22)19(25)26/h4-6,8-9,14,17H,7,10-13H2,1-3H3,(H,21,23)(H,25,26). The highest BCUT2D eigenvalue weighted by Crippen LogP contribution is 2.31. The second-order valence-corrected chi connectivity index (χ2v) is 7.74. The Hall–Kier alpha value is -2.37. The summed E-state index contributed by atoms with van der Waals surface area (Å²) in [5.41, 5.74) is -0.242. The Kier molecular flexibility index (Phi) is 6.40. The molecule has 2 atom stereocenters. The first kappa shape index (κ1) is 19.9. The van der Waals surface area contributed by atoms with Gasteiger partial charge in [0.1, 0.15) is 6.04 Å². The summed E-state index contributed by atoms with van der Waals surface area (Å²) in [6, 6.07) is 8.31. The predicted molar refractivity (Wildman–Crippen MR) is 98.3 cm³/mol. The number of carbonyl (C=O) groups excluding carboxylic acids is 2. The number of nitrogens with zero attached hydrogens (tertiary/aromatic N) is 1. The Morgan fingerprint density at radius 2 is 1.88 bits per heavy atom. The van der Waals surface area contributed by atoms with Crippen LogP contribution in [0.15, 0.2) is 30.3 Å². The molecule has 0 spiro atoms. The number of carboxylic acid groups (broad SMARTS) is 1. The van der Waals surface area contributed by atoms with Gasteiger partial charge in [0.2, 0.25) is 11.8 Å². The van der Waals surface area contributed by atoms with Crippen LogP contribution < -0.4 is 5.32 Å². The van der Waals surface area contributed by atoms with Crippen LogP contribution in [0.5, 0.6) is 0 Å². The lowest BCUT2D eigenvalue weighted by molar-refractivity contribution is -0.154. The minimum Gasteiger partial charge on any atom is -0.481 e. The van der Waals surface area contributed by atoms with Crippen LogP contribution in [0.1, 0.15) is 51.6 Å². The SMILES string of the molecule is CC(C)CC(=O)NC(C(=O)N1CCCC(C)(C(=O)O)C1)c1ccccc1. The molecule has 1 aromatic rings. The van der Waals surface area contributed by atoms with Crippen molar-refractivity contribution < 1.29 is 19.5 Å². The van der Waals surface area contributed by atoms with Gasteiger partial charge in [0.25, 0.3) is 0 Å². The fourth-order valence-corrected chi connectivity index (χ4v) is 3.31. The summed E-state index contributed by atoms with van der Waals surface area (Å²) < 4.78 is 0. The first-order valence-corrected chi connectivity index (χ1v) is 9.09. The zero-order chi connectivity index (χ0) is 19.3. The van der Waals surface area contributed by atoms with E-state index in [1.54, 1.807) is 24.0 Å². The highest BCUT2D eigenvalue weighted by molar-refractivity contribution is 5.89. The highest BCUT2D eigenvalue weighted by atomic mass is 16.4. The van der Waals surface area contributed by atoms with Crippen molar-refractivity contribution in [3.63, 3.8) is 0 Å². The number of amides is 2. The lowest BCUT2D eigenvalue weighted by Crippen LogP contribution is -2.51. The molecule has 2 N–H and O–H groups in total. The molecule has 6 heteroatoms. The molecule has 6 nitrogen and oxygen atoms in total. The van der Waals surface area contributed by atoms with E-state index in [1.165, 1.54) is 0 Å². The van der Waals surface area contributed by atoms with E-state index in [4.69, 9.17) is 0 Å². The number of likely N-dealkylation sites (tertiary alicyclic amines) is 1. The quantitative estimate of drug-likeness (QED) is 0.816. The molecule has 0 bridgehead atoms. The monoisotopic (exact) mass is 360 g/mol. The van der Waals surface area contributed by atoms with E-state index in [0.29, 0.717) is 31.4 Å². The molecule has 0 saturated carbocycles. The molecule has 2 rings (SSSR count). The number of aliphatic carboxylic acids is 1. The van der Waals surface area contributed by atoms with Crippen LogP contribution in [0.4, 0.5) is 0 Å². The molecule has 0 aliphatic carbocycles. The molecule has 0 radical (unpaired) electrons. The van der Waals surface area contributed by atoms with Gasteiger partial charge in [0.05, 0.1) is 5.41 Å². The van der Waals surface area contributed by atoms with E-state index in [2.05, 4.69) is 5.32 Å². The normalized spacial score (nSPS) is 21.3. The van der Waals surface area contributed by atoms with Crippen molar-refractivity contribution in [2.75, 3.05) is 13.1 Å². The molecule has 26 heavy (non-hydrogen) atoms. The average molecular weight is 360 g/mol. The van der Waals surface area contributed by atoms with Gasteiger partial charge < -0.3 is 15.3 Å². The summed E-state index contributed by atoms with van der Waals surface area (Å²) in [7, 11) is 0. The van der Waals surface area contributed by atoms with Crippen molar-refractivity contribution in [2.24, 2.45) is 11.3 Å². The second-order valence-electron chi connectivity index (χ2n) is 7.74. The Balaban J connectivity index is 2.22. The molecule has 1 heterocycles. The van der Waals surface area contributed by atoms with Gasteiger partial charge in [-0.3, -0.25) is 14.4 Å². The summed E-state index contributed by atoms with van der Waals surface area (Å²) in [5, 5.41) is 12.3. The van der Waals surface area contributed by atoms with Gasteiger partial charge in [-0.25, -0.2) is 0 Å². The number of piperidine rings is 1. The van der Waals surface area contributed by atoms with E-state index in [0.717, 1.165) is 0 Å². The lowest BCUT2D eigenvalue weighted by atomic mass is 9.81. The fourth-order valence-electron chi connectivity index (χ4n) is 3.31. The van der Waals surface area contributed by atoms with Gasteiger partial charge in [0.15, 0.2) is 0 Å². The van der Waals surface area contributed by atoms with E-state index >= 15 is 0 Å². The Morgan fingerprint density at radius 3 is 2.46 bits per heavy atom. The Morgan fingerprint density at radius 1 is 1.23 bits per heavy atom. The Labute approximate surface area is 154 Å². The van der Waals surface area contributed by atoms with Crippen LogP contribution in [-0.2, 0) is 14.4 Å². The van der Waals surface area contributed by atoms with Crippen molar-refractivity contribution in [1.29, 1.82) is 0 Å². The van der Waals surface area contributed by atoms with Crippen LogP contribution in [0, 0.1) is 11.3 Å². The molecule has 0 aromatic heterocycles. The molecule has 1 aliphatic heterocycles. The molecule has 142 valence electrons. The number of benzene rings is 1. The zero-order valence-electron chi connectivity index (χ0n) is 15.7. The minimum atomic E-state index is -0.947. The van der Waals surface area contributed by atoms with Gasteiger partial charge in [-0.15, -0.1) is 0 Å². The van der Waals surface area contributed by atoms with Gasteiger partial charge >= 0.3 is 5.97 Å². The van der Waals surface area contributed by atoms with Gasteiger partial charge in [-0.05, 0) is 31.2 Å². The lowest BCUT2D eigenvalue weighted by Gasteiger charge is -2.39. The maximum Gasteiger partial charge on any atom is 0.311 e. The van der Waals surface area contributed by atoms with Crippen molar-refractivity contribution in [3.8, 4) is 0 Å². The van der Waals surface area contributed by atoms with Crippen LogP contribution in [0.2, 0.25) is 0 Å². The summed E-state index contributed by atoms with van der Waals surface area (Å²) >= 11 is 0. The fraction of sp³-hybridized carbons (Fsp3) is 0.550. The first-order valence-electron chi connectivity index (χ1n) is 9.09. The van der Waals surface area contributed by atoms with E-state index in [9.17, 15) is 19.5 Å². The minimum absolute atomic E-state index is 0.157. The molecule has 2 amide bonds. The third-order valence-electron chi connectivity index (χ3n) is 4.80.